The fraction of sp³-hybridized carbons (Fsp3) is 0. The summed E-state index contributed by atoms with van der Waals surface area (Å²) in [5.74, 6) is 0.388. The van der Waals surface area contributed by atoms with Gasteiger partial charge in [-0.3, -0.25) is 0 Å². The number of hydrogen-bond acceptors (Lipinski definition) is 3. The smallest absolute Gasteiger partial charge is 0.508 e. The van der Waals surface area contributed by atoms with E-state index in [1.54, 1.807) is 24.3 Å². The molecule has 0 saturated heterocycles. The third-order valence-electron chi connectivity index (χ3n) is 2.58. The fourth-order valence-corrected chi connectivity index (χ4v) is 1.80. The van der Waals surface area contributed by atoms with Crippen molar-refractivity contribution in [1.82, 2.24) is 4.98 Å². The van der Waals surface area contributed by atoms with E-state index in [0.717, 1.165) is 21.8 Å². The monoisotopic (exact) mass is 257 g/mol. The molecule has 0 aliphatic heterocycles. The summed E-state index contributed by atoms with van der Waals surface area (Å²) in [5, 5.41) is 20.7. The normalized spacial score (nSPS) is 9.78. The van der Waals surface area contributed by atoms with Crippen LogP contribution >= 0.6 is 0 Å². The zero-order chi connectivity index (χ0) is 11.1. The van der Waals surface area contributed by atoms with Crippen LogP contribution in [0.4, 0.5) is 0 Å². The maximum Gasteiger partial charge on any atom is 1.00 e. The van der Waals surface area contributed by atoms with E-state index in [-0.39, 0.29) is 70.6 Å². The molecule has 1 aromatic heterocycles. The van der Waals surface area contributed by atoms with Gasteiger partial charge in [0.2, 0.25) is 0 Å². The molecule has 0 aliphatic carbocycles. The molecule has 3 aromatic rings. The molecule has 2 aromatic carbocycles. The van der Waals surface area contributed by atoms with Crippen LogP contribution in [0.15, 0.2) is 42.5 Å². The molecule has 0 bridgehead atoms. The number of phenols is 2. The second kappa shape index (κ2) is 6.24. The van der Waals surface area contributed by atoms with Crippen LogP contribution in [-0.2, 0) is 0 Å². The minimum Gasteiger partial charge on any atom is -0.508 e. The summed E-state index contributed by atoms with van der Waals surface area (Å²) in [7, 11) is 0. The van der Waals surface area contributed by atoms with E-state index >= 15 is 0 Å². The van der Waals surface area contributed by atoms with E-state index < -0.39 is 0 Å². The van der Waals surface area contributed by atoms with Gasteiger partial charge in [0, 0.05) is 22.9 Å². The zero-order valence-electron chi connectivity index (χ0n) is 10.4. The van der Waals surface area contributed by atoms with Crippen LogP contribution in [0.2, 0.25) is 0 Å². The van der Waals surface area contributed by atoms with Gasteiger partial charge in [-0.15, -0.1) is 0 Å². The van der Waals surface area contributed by atoms with Gasteiger partial charge in [0.25, 0.3) is 0 Å². The first-order valence-electron chi connectivity index (χ1n) is 4.95. The molecule has 3 nitrogen and oxygen atoms in total. The fourth-order valence-electron chi connectivity index (χ4n) is 1.80. The molecule has 18 heavy (non-hydrogen) atoms. The van der Waals surface area contributed by atoms with Crippen LogP contribution in [0.25, 0.3) is 21.8 Å². The van der Waals surface area contributed by atoms with Gasteiger partial charge in [-0.25, -0.2) is 4.98 Å². The Labute approximate surface area is 148 Å². The number of nitrogens with zero attached hydrogens (tertiary/aromatic N) is 1. The van der Waals surface area contributed by atoms with Gasteiger partial charge < -0.3 is 10.2 Å². The zero-order valence-corrected chi connectivity index (χ0v) is 14.4. The first-order chi connectivity index (χ1) is 7.72. The van der Waals surface area contributed by atoms with Crippen molar-refractivity contribution in [3.8, 4) is 11.5 Å². The molecule has 0 aliphatic rings. The Kier molecular flexibility index (Phi) is 5.46. The Morgan fingerprint density at radius 1 is 0.667 bits per heavy atom. The van der Waals surface area contributed by atoms with E-state index in [9.17, 15) is 10.2 Å². The summed E-state index contributed by atoms with van der Waals surface area (Å²) < 4.78 is 0. The van der Waals surface area contributed by atoms with E-state index in [1.807, 2.05) is 18.2 Å². The van der Waals surface area contributed by atoms with Crippen LogP contribution in [0.3, 0.4) is 0 Å². The van der Waals surface area contributed by atoms with Crippen molar-refractivity contribution in [3.63, 3.8) is 0 Å². The number of benzene rings is 2. The average molecular weight is 257 g/mol. The molecule has 0 amide bonds. The Hall–Kier alpha value is -0.290. The van der Waals surface area contributed by atoms with Crippen LogP contribution in [0.1, 0.15) is 0 Å². The van der Waals surface area contributed by atoms with Gasteiger partial charge in [-0.05, 0) is 30.3 Å². The topological polar surface area (TPSA) is 53.4 Å². The van der Waals surface area contributed by atoms with Gasteiger partial charge in [0.15, 0.2) is 0 Å². The summed E-state index contributed by atoms with van der Waals surface area (Å²) in [4.78, 5) is 4.38. The Morgan fingerprint density at radius 2 is 1.11 bits per heavy atom. The minimum atomic E-state index is 0. The van der Waals surface area contributed by atoms with Crippen LogP contribution in [0, 0.1) is 0 Å². The van der Waals surface area contributed by atoms with Gasteiger partial charge in [-0.1, -0.05) is 0 Å². The van der Waals surface area contributed by atoms with Crippen LogP contribution in [0.5, 0.6) is 11.5 Å². The number of aromatic nitrogens is 1. The van der Waals surface area contributed by atoms with Crippen LogP contribution in [-0.4, -0.2) is 15.2 Å². The number of aromatic hydroxyl groups is 2. The molecule has 78 valence electrons. The number of phenolic OH excluding ortho intramolecular Hbond substituents is 2. The van der Waals surface area contributed by atoms with Crippen molar-refractivity contribution in [2.24, 2.45) is 0 Å². The number of hydrogen-bond donors (Lipinski definition) is 2. The second-order valence-electron chi connectivity index (χ2n) is 3.74. The quantitative estimate of drug-likeness (QED) is 0.329. The van der Waals surface area contributed by atoms with Gasteiger partial charge in [0.05, 0.1) is 11.0 Å². The minimum absolute atomic E-state index is 0. The molecular weight excluding hydrogens is 248 g/mol. The first-order valence-corrected chi connectivity index (χ1v) is 4.95. The molecule has 0 radical (unpaired) electrons. The number of rotatable bonds is 0. The van der Waals surface area contributed by atoms with Gasteiger partial charge in [-0.2, -0.15) is 0 Å². The molecule has 0 fully saturated rings. The maximum atomic E-state index is 9.37. The number of fused-ring (bicyclic) bond motifs is 2. The largest absolute Gasteiger partial charge is 1.00 e. The standard InChI is InChI=1S/C13H9NO2.2Na/c15-10-3-1-8-5-9-2-4-11(16)7-13(9)14-12(8)6-10;;/h1-7,15-16H;;/q;2*+1. The van der Waals surface area contributed by atoms with Crippen molar-refractivity contribution in [2.45, 2.75) is 0 Å². The van der Waals surface area contributed by atoms with Crippen molar-refractivity contribution in [1.29, 1.82) is 0 Å². The van der Waals surface area contributed by atoms with Gasteiger partial charge in [0.1, 0.15) is 11.5 Å². The van der Waals surface area contributed by atoms with Crippen molar-refractivity contribution < 1.29 is 69.3 Å². The summed E-state index contributed by atoms with van der Waals surface area (Å²) in [5.41, 5.74) is 1.44. The first kappa shape index (κ1) is 15.8. The SMILES string of the molecule is Oc1ccc2cc3ccc(O)cc3nc2c1.[Na+].[Na+]. The third-order valence-corrected chi connectivity index (χ3v) is 2.58. The average Bonchev–Trinajstić information content (AvgIpc) is 2.26. The van der Waals surface area contributed by atoms with E-state index in [0.29, 0.717) is 0 Å². The van der Waals surface area contributed by atoms with E-state index in [1.165, 1.54) is 0 Å². The number of pyridine rings is 1. The van der Waals surface area contributed by atoms with Crippen LogP contribution < -0.4 is 59.1 Å². The van der Waals surface area contributed by atoms with Crippen molar-refractivity contribution in [2.75, 3.05) is 0 Å². The van der Waals surface area contributed by atoms with E-state index in [4.69, 9.17) is 0 Å². The predicted octanol–water partition coefficient (Wildman–Crippen LogP) is -3.19. The summed E-state index contributed by atoms with van der Waals surface area (Å²) >= 11 is 0. The molecule has 5 heteroatoms. The molecule has 1 heterocycles. The van der Waals surface area contributed by atoms with E-state index in [2.05, 4.69) is 4.98 Å². The third kappa shape index (κ3) is 2.99. The molecule has 0 spiro atoms. The summed E-state index contributed by atoms with van der Waals surface area (Å²) in [6.45, 7) is 0. The Morgan fingerprint density at radius 3 is 1.56 bits per heavy atom. The summed E-state index contributed by atoms with van der Waals surface area (Å²) in [6.07, 6.45) is 0. The van der Waals surface area contributed by atoms with Gasteiger partial charge >= 0.3 is 59.1 Å². The molecule has 3 rings (SSSR count). The molecule has 0 unspecified atom stereocenters. The Bertz CT molecular complexity index is 644. The molecular formula is C13H9NNa2O2+2. The molecule has 2 N–H and O–H groups in total. The maximum absolute atomic E-state index is 9.37. The summed E-state index contributed by atoms with van der Waals surface area (Å²) in [6, 6.07) is 12.1. The van der Waals surface area contributed by atoms with Crippen molar-refractivity contribution >= 4 is 21.8 Å². The molecule has 0 atom stereocenters. The predicted molar refractivity (Wildman–Crippen MR) is 62.6 cm³/mol. The molecule has 0 saturated carbocycles. The Balaban J connectivity index is 0.000000810. The van der Waals surface area contributed by atoms with Crippen molar-refractivity contribution in [3.05, 3.63) is 42.5 Å². The second-order valence-corrected chi connectivity index (χ2v) is 3.74.